The molecule has 1 saturated heterocycles. The van der Waals surface area contributed by atoms with Gasteiger partial charge < -0.3 is 9.84 Å². The van der Waals surface area contributed by atoms with Gasteiger partial charge in [0.25, 0.3) is 0 Å². The summed E-state index contributed by atoms with van der Waals surface area (Å²) in [6, 6.07) is 0. The monoisotopic (exact) mass is 264 g/mol. The van der Waals surface area contributed by atoms with Crippen LogP contribution in [-0.2, 0) is 11.2 Å². The van der Waals surface area contributed by atoms with Crippen molar-refractivity contribution >= 4 is 5.91 Å². The Morgan fingerprint density at radius 2 is 2.16 bits per heavy atom. The van der Waals surface area contributed by atoms with Gasteiger partial charge in [-0.3, -0.25) is 9.69 Å². The zero-order chi connectivity index (χ0) is 13.1. The predicted octanol–water partition coefficient (Wildman–Crippen LogP) is 0.702. The number of hydrogen-bond donors (Lipinski definition) is 1. The fourth-order valence-electron chi connectivity index (χ4n) is 2.39. The van der Waals surface area contributed by atoms with Gasteiger partial charge in [-0.05, 0) is 38.8 Å². The van der Waals surface area contributed by atoms with E-state index < -0.39 is 0 Å². The smallest absolute Gasteiger partial charge is 0.234 e. The first-order valence-electron chi connectivity index (χ1n) is 7.13. The van der Waals surface area contributed by atoms with Crippen LogP contribution in [0.4, 0.5) is 0 Å². The molecule has 2 heterocycles. The van der Waals surface area contributed by atoms with E-state index in [4.69, 9.17) is 4.52 Å². The molecule has 2 aliphatic rings. The summed E-state index contributed by atoms with van der Waals surface area (Å²) in [5.74, 6) is 2.06. The van der Waals surface area contributed by atoms with E-state index in [0.29, 0.717) is 31.3 Å². The molecule has 1 aromatic heterocycles. The highest BCUT2D eigenvalue weighted by molar-refractivity contribution is 5.78. The van der Waals surface area contributed by atoms with Crippen LogP contribution in [0.3, 0.4) is 0 Å². The lowest BCUT2D eigenvalue weighted by Crippen LogP contribution is -2.36. The van der Waals surface area contributed by atoms with Crippen LogP contribution in [0.1, 0.15) is 43.3 Å². The Bertz CT molecular complexity index is 436. The maximum atomic E-state index is 11.7. The summed E-state index contributed by atoms with van der Waals surface area (Å²) >= 11 is 0. The largest absolute Gasteiger partial charge is 0.354 e. The molecule has 0 unspecified atom stereocenters. The second-order valence-corrected chi connectivity index (χ2v) is 5.40. The van der Waals surface area contributed by atoms with Gasteiger partial charge in [0, 0.05) is 18.9 Å². The van der Waals surface area contributed by atoms with Gasteiger partial charge >= 0.3 is 0 Å². The minimum atomic E-state index is 0.0869. The summed E-state index contributed by atoms with van der Waals surface area (Å²) in [5.41, 5.74) is 0. The summed E-state index contributed by atoms with van der Waals surface area (Å²) in [7, 11) is 0. The molecule has 0 atom stereocenters. The first-order valence-corrected chi connectivity index (χ1v) is 7.13. The van der Waals surface area contributed by atoms with Crippen molar-refractivity contribution in [3.63, 3.8) is 0 Å². The topological polar surface area (TPSA) is 71.3 Å². The number of hydrogen-bond acceptors (Lipinski definition) is 5. The molecular weight excluding hydrogens is 244 g/mol. The summed E-state index contributed by atoms with van der Waals surface area (Å²) < 4.78 is 5.16. The van der Waals surface area contributed by atoms with Gasteiger partial charge in [0.1, 0.15) is 0 Å². The molecule has 104 valence electrons. The number of nitrogens with zero attached hydrogens (tertiary/aromatic N) is 3. The zero-order valence-corrected chi connectivity index (χ0v) is 11.1. The molecule has 19 heavy (non-hydrogen) atoms. The lowest BCUT2D eigenvalue weighted by Gasteiger charge is -2.13. The fraction of sp³-hybridized carbons (Fsp3) is 0.769. The molecular formula is C13H20N4O2. The van der Waals surface area contributed by atoms with Crippen molar-refractivity contribution in [1.29, 1.82) is 0 Å². The minimum absolute atomic E-state index is 0.0869. The second kappa shape index (κ2) is 5.69. The van der Waals surface area contributed by atoms with Crippen LogP contribution in [0.5, 0.6) is 0 Å². The average molecular weight is 264 g/mol. The van der Waals surface area contributed by atoms with Crippen molar-refractivity contribution in [2.75, 3.05) is 26.2 Å². The molecule has 1 saturated carbocycles. The van der Waals surface area contributed by atoms with Crippen molar-refractivity contribution in [3.8, 4) is 0 Å². The Kier molecular flexibility index (Phi) is 3.77. The second-order valence-electron chi connectivity index (χ2n) is 5.40. The number of carbonyl (C=O) groups excluding carboxylic acids is 1. The van der Waals surface area contributed by atoms with Crippen LogP contribution in [0, 0.1) is 0 Å². The summed E-state index contributed by atoms with van der Waals surface area (Å²) in [6.07, 6.45) is 5.38. The van der Waals surface area contributed by atoms with Gasteiger partial charge in [0.2, 0.25) is 11.8 Å². The number of rotatable bonds is 6. The number of aromatic nitrogens is 2. The van der Waals surface area contributed by atoms with E-state index in [1.165, 1.54) is 25.7 Å². The van der Waals surface area contributed by atoms with Gasteiger partial charge in [0.05, 0.1) is 6.54 Å². The van der Waals surface area contributed by atoms with E-state index in [-0.39, 0.29) is 5.91 Å². The highest BCUT2D eigenvalue weighted by Crippen LogP contribution is 2.38. The van der Waals surface area contributed by atoms with E-state index in [1.54, 1.807) is 0 Å². The molecule has 2 fully saturated rings. The third-order valence-corrected chi connectivity index (χ3v) is 3.65. The Hall–Kier alpha value is -1.43. The molecule has 0 radical (unpaired) electrons. The summed E-state index contributed by atoms with van der Waals surface area (Å²) in [4.78, 5) is 18.2. The van der Waals surface area contributed by atoms with Gasteiger partial charge in [-0.1, -0.05) is 5.16 Å². The Morgan fingerprint density at radius 1 is 1.37 bits per heavy atom. The lowest BCUT2D eigenvalue weighted by molar-refractivity contribution is -0.121. The predicted molar refractivity (Wildman–Crippen MR) is 68.7 cm³/mol. The van der Waals surface area contributed by atoms with Crippen molar-refractivity contribution in [3.05, 3.63) is 11.7 Å². The van der Waals surface area contributed by atoms with Crippen LogP contribution in [0.25, 0.3) is 0 Å². The maximum Gasteiger partial charge on any atom is 0.234 e. The molecule has 1 aliphatic heterocycles. The molecule has 0 bridgehead atoms. The first-order chi connectivity index (χ1) is 9.31. The molecule has 0 spiro atoms. The van der Waals surface area contributed by atoms with Crippen LogP contribution in [0.15, 0.2) is 4.52 Å². The Labute approximate surface area is 112 Å². The third-order valence-electron chi connectivity index (χ3n) is 3.65. The molecule has 6 heteroatoms. The number of carbonyl (C=O) groups is 1. The molecule has 1 amide bonds. The van der Waals surface area contributed by atoms with Crippen LogP contribution >= 0.6 is 0 Å². The van der Waals surface area contributed by atoms with E-state index in [0.717, 1.165) is 18.9 Å². The number of nitrogens with one attached hydrogen (secondary N) is 1. The van der Waals surface area contributed by atoms with Crippen molar-refractivity contribution in [1.82, 2.24) is 20.4 Å². The van der Waals surface area contributed by atoms with Crippen molar-refractivity contribution < 1.29 is 9.32 Å². The Morgan fingerprint density at radius 3 is 2.89 bits per heavy atom. The van der Waals surface area contributed by atoms with Crippen LogP contribution in [0.2, 0.25) is 0 Å². The van der Waals surface area contributed by atoms with E-state index in [9.17, 15) is 4.79 Å². The summed E-state index contributed by atoms with van der Waals surface area (Å²) in [6.45, 7) is 3.17. The standard InChI is InChI=1S/C13H20N4O2/c18-11(9-17-7-1-2-8-17)14-6-5-12-15-13(16-19-12)10-3-4-10/h10H,1-9H2,(H,14,18). The van der Waals surface area contributed by atoms with Gasteiger partial charge in [-0.2, -0.15) is 4.98 Å². The third kappa shape index (κ3) is 3.53. The molecule has 0 aromatic carbocycles. The fourth-order valence-corrected chi connectivity index (χ4v) is 2.39. The highest BCUT2D eigenvalue weighted by Gasteiger charge is 2.28. The van der Waals surface area contributed by atoms with Crippen molar-refractivity contribution in [2.45, 2.75) is 38.0 Å². The average Bonchev–Trinajstić information content (AvgIpc) is 2.92. The Balaban J connectivity index is 1.35. The van der Waals surface area contributed by atoms with E-state index in [2.05, 4.69) is 20.4 Å². The van der Waals surface area contributed by atoms with Gasteiger partial charge in [-0.15, -0.1) is 0 Å². The van der Waals surface area contributed by atoms with Gasteiger partial charge in [0.15, 0.2) is 5.82 Å². The molecule has 1 aliphatic carbocycles. The maximum absolute atomic E-state index is 11.7. The lowest BCUT2D eigenvalue weighted by atomic mass is 10.4. The molecule has 6 nitrogen and oxygen atoms in total. The molecule has 1 aromatic rings. The summed E-state index contributed by atoms with van der Waals surface area (Å²) in [5, 5.41) is 6.86. The normalized spacial score (nSPS) is 19.8. The van der Waals surface area contributed by atoms with E-state index >= 15 is 0 Å². The van der Waals surface area contributed by atoms with Crippen LogP contribution < -0.4 is 5.32 Å². The van der Waals surface area contributed by atoms with Crippen LogP contribution in [-0.4, -0.2) is 47.1 Å². The highest BCUT2D eigenvalue weighted by atomic mass is 16.5. The zero-order valence-electron chi connectivity index (χ0n) is 11.1. The van der Waals surface area contributed by atoms with E-state index in [1.807, 2.05) is 0 Å². The minimum Gasteiger partial charge on any atom is -0.354 e. The molecule has 1 N–H and O–H groups in total. The first kappa shape index (κ1) is 12.6. The van der Waals surface area contributed by atoms with Crippen molar-refractivity contribution in [2.24, 2.45) is 0 Å². The SMILES string of the molecule is O=C(CN1CCCC1)NCCc1nc(C2CC2)no1. The van der Waals surface area contributed by atoms with Gasteiger partial charge in [-0.25, -0.2) is 0 Å². The number of likely N-dealkylation sites (tertiary alicyclic amines) is 1. The molecule has 3 rings (SSSR count). The quantitative estimate of drug-likeness (QED) is 0.819. The number of amides is 1.